The first-order valence-corrected chi connectivity index (χ1v) is 3.82. The van der Waals surface area contributed by atoms with Gasteiger partial charge in [-0.15, -0.1) is 0 Å². The van der Waals surface area contributed by atoms with Gasteiger partial charge in [-0.05, 0) is 17.7 Å². The fourth-order valence-corrected chi connectivity index (χ4v) is 1.11. The molecule has 1 aliphatic heterocycles. The standard InChI is InChI=1S/C9H9FO2/c10-7-3-1-6(2-4-7)9(11)8-5-12-8/h1-4,8-9,11H,5H2/t8-,9-/m1/s1. The second-order valence-electron chi connectivity index (χ2n) is 2.87. The van der Waals surface area contributed by atoms with E-state index in [0.29, 0.717) is 12.2 Å². The van der Waals surface area contributed by atoms with Crippen molar-refractivity contribution in [2.75, 3.05) is 6.61 Å². The number of rotatable bonds is 2. The number of halogens is 1. The Kier molecular flexibility index (Phi) is 1.83. The lowest BCUT2D eigenvalue weighted by atomic mass is 10.1. The van der Waals surface area contributed by atoms with Gasteiger partial charge in [-0.25, -0.2) is 4.39 Å². The van der Waals surface area contributed by atoms with Crippen LogP contribution in [0, 0.1) is 5.82 Å². The summed E-state index contributed by atoms with van der Waals surface area (Å²) in [5.74, 6) is -0.289. The number of hydrogen-bond donors (Lipinski definition) is 1. The summed E-state index contributed by atoms with van der Waals surface area (Å²) in [6.45, 7) is 0.596. The first-order valence-electron chi connectivity index (χ1n) is 3.82. The minimum atomic E-state index is -0.606. The van der Waals surface area contributed by atoms with Gasteiger partial charge in [0.2, 0.25) is 0 Å². The Morgan fingerprint density at radius 1 is 1.42 bits per heavy atom. The molecule has 0 radical (unpaired) electrons. The molecule has 0 bridgehead atoms. The van der Waals surface area contributed by atoms with Gasteiger partial charge in [0.15, 0.2) is 0 Å². The summed E-state index contributed by atoms with van der Waals surface area (Å²) < 4.78 is 17.4. The maximum absolute atomic E-state index is 12.5. The zero-order chi connectivity index (χ0) is 8.55. The van der Waals surface area contributed by atoms with Gasteiger partial charge in [0, 0.05) is 0 Å². The first kappa shape index (κ1) is 7.71. The second kappa shape index (κ2) is 2.84. The normalized spacial score (nSPS) is 23.7. The molecule has 1 aromatic rings. The van der Waals surface area contributed by atoms with E-state index in [1.165, 1.54) is 12.1 Å². The smallest absolute Gasteiger partial charge is 0.123 e. The largest absolute Gasteiger partial charge is 0.386 e. The van der Waals surface area contributed by atoms with Gasteiger partial charge in [-0.1, -0.05) is 12.1 Å². The molecule has 0 aromatic heterocycles. The highest BCUT2D eigenvalue weighted by molar-refractivity contribution is 5.20. The zero-order valence-electron chi connectivity index (χ0n) is 6.40. The van der Waals surface area contributed by atoms with E-state index in [0.717, 1.165) is 0 Å². The van der Waals surface area contributed by atoms with E-state index in [1.807, 2.05) is 0 Å². The van der Waals surface area contributed by atoms with E-state index in [-0.39, 0.29) is 11.9 Å². The molecule has 64 valence electrons. The van der Waals surface area contributed by atoms with Gasteiger partial charge in [-0.3, -0.25) is 0 Å². The fourth-order valence-electron chi connectivity index (χ4n) is 1.11. The summed E-state index contributed by atoms with van der Waals surface area (Å²) in [6.07, 6.45) is -0.693. The van der Waals surface area contributed by atoms with Crippen molar-refractivity contribution < 1.29 is 14.2 Å². The van der Waals surface area contributed by atoms with Gasteiger partial charge in [0.1, 0.15) is 18.0 Å². The van der Waals surface area contributed by atoms with Crippen LogP contribution in [0.3, 0.4) is 0 Å². The van der Waals surface area contributed by atoms with Crippen LogP contribution in [-0.4, -0.2) is 17.8 Å². The molecule has 1 fully saturated rings. The van der Waals surface area contributed by atoms with Crippen LogP contribution in [0.4, 0.5) is 4.39 Å². The van der Waals surface area contributed by atoms with Crippen LogP contribution < -0.4 is 0 Å². The van der Waals surface area contributed by atoms with Crippen molar-refractivity contribution in [2.24, 2.45) is 0 Å². The van der Waals surface area contributed by atoms with Gasteiger partial charge in [0.25, 0.3) is 0 Å². The Labute approximate surface area is 69.6 Å². The van der Waals surface area contributed by atoms with Crippen LogP contribution in [0.25, 0.3) is 0 Å². The summed E-state index contributed by atoms with van der Waals surface area (Å²) in [5, 5.41) is 9.50. The van der Waals surface area contributed by atoms with Crippen LogP contribution >= 0.6 is 0 Å². The molecule has 0 unspecified atom stereocenters. The van der Waals surface area contributed by atoms with Crippen LogP contribution in [0.15, 0.2) is 24.3 Å². The first-order chi connectivity index (χ1) is 5.77. The molecule has 1 aromatic carbocycles. The highest BCUT2D eigenvalue weighted by atomic mass is 19.1. The Balaban J connectivity index is 2.16. The van der Waals surface area contributed by atoms with Crippen molar-refractivity contribution in [1.29, 1.82) is 0 Å². The third-order valence-corrected chi connectivity index (χ3v) is 1.92. The molecule has 2 rings (SSSR count). The van der Waals surface area contributed by atoms with Crippen molar-refractivity contribution in [3.8, 4) is 0 Å². The molecule has 1 N–H and O–H groups in total. The summed E-state index contributed by atoms with van der Waals surface area (Å²) >= 11 is 0. The summed E-state index contributed by atoms with van der Waals surface area (Å²) in [6, 6.07) is 5.81. The fraction of sp³-hybridized carbons (Fsp3) is 0.333. The van der Waals surface area contributed by atoms with Crippen molar-refractivity contribution in [2.45, 2.75) is 12.2 Å². The summed E-state index contributed by atoms with van der Waals surface area (Å²) in [5.41, 5.74) is 0.707. The number of epoxide rings is 1. The molecule has 0 spiro atoms. The van der Waals surface area contributed by atoms with Crippen LogP contribution in [0.1, 0.15) is 11.7 Å². The topological polar surface area (TPSA) is 32.8 Å². The molecule has 0 saturated carbocycles. The molecular formula is C9H9FO2. The monoisotopic (exact) mass is 168 g/mol. The lowest BCUT2D eigenvalue weighted by Gasteiger charge is -2.06. The predicted octanol–water partition coefficient (Wildman–Crippen LogP) is 1.26. The van der Waals surface area contributed by atoms with Crippen molar-refractivity contribution >= 4 is 0 Å². The van der Waals surface area contributed by atoms with Crippen molar-refractivity contribution in [1.82, 2.24) is 0 Å². The molecule has 2 nitrogen and oxygen atoms in total. The van der Waals surface area contributed by atoms with Crippen LogP contribution in [0.2, 0.25) is 0 Å². The van der Waals surface area contributed by atoms with E-state index in [2.05, 4.69) is 0 Å². The van der Waals surface area contributed by atoms with E-state index in [9.17, 15) is 9.50 Å². The van der Waals surface area contributed by atoms with E-state index < -0.39 is 6.10 Å². The molecule has 0 amide bonds. The Morgan fingerprint density at radius 3 is 2.50 bits per heavy atom. The molecular weight excluding hydrogens is 159 g/mol. The second-order valence-corrected chi connectivity index (χ2v) is 2.87. The number of aliphatic hydroxyl groups excluding tert-OH is 1. The lowest BCUT2D eigenvalue weighted by molar-refractivity contribution is 0.137. The molecule has 0 aliphatic carbocycles. The predicted molar refractivity (Wildman–Crippen MR) is 41.1 cm³/mol. The average molecular weight is 168 g/mol. The molecule has 1 aliphatic rings. The number of hydrogen-bond acceptors (Lipinski definition) is 2. The minimum Gasteiger partial charge on any atom is -0.386 e. The molecule has 2 atom stereocenters. The van der Waals surface area contributed by atoms with Crippen LogP contribution in [0.5, 0.6) is 0 Å². The minimum absolute atomic E-state index is 0.0875. The van der Waals surface area contributed by atoms with Crippen molar-refractivity contribution in [3.63, 3.8) is 0 Å². The zero-order valence-corrected chi connectivity index (χ0v) is 6.40. The summed E-state index contributed by atoms with van der Waals surface area (Å²) in [7, 11) is 0. The van der Waals surface area contributed by atoms with E-state index in [4.69, 9.17) is 4.74 Å². The van der Waals surface area contributed by atoms with Gasteiger partial charge >= 0.3 is 0 Å². The lowest BCUT2D eigenvalue weighted by Crippen LogP contribution is -2.04. The average Bonchev–Trinajstić information content (AvgIpc) is 2.87. The number of benzene rings is 1. The Hall–Kier alpha value is -0.930. The Bertz CT molecular complexity index is 266. The van der Waals surface area contributed by atoms with Crippen molar-refractivity contribution in [3.05, 3.63) is 35.6 Å². The highest BCUT2D eigenvalue weighted by Crippen LogP contribution is 2.27. The molecule has 1 saturated heterocycles. The third-order valence-electron chi connectivity index (χ3n) is 1.92. The van der Waals surface area contributed by atoms with E-state index in [1.54, 1.807) is 12.1 Å². The maximum Gasteiger partial charge on any atom is 0.123 e. The van der Waals surface area contributed by atoms with Crippen LogP contribution in [-0.2, 0) is 4.74 Å². The number of aliphatic hydroxyl groups is 1. The third kappa shape index (κ3) is 1.47. The SMILES string of the molecule is O[C@H](c1ccc(F)cc1)[C@H]1CO1. The Morgan fingerprint density at radius 2 is 2.00 bits per heavy atom. The summed E-state index contributed by atoms with van der Waals surface area (Å²) in [4.78, 5) is 0. The van der Waals surface area contributed by atoms with Gasteiger partial charge < -0.3 is 9.84 Å². The maximum atomic E-state index is 12.5. The molecule has 3 heteroatoms. The van der Waals surface area contributed by atoms with Gasteiger partial charge in [-0.2, -0.15) is 0 Å². The number of ether oxygens (including phenoxy) is 1. The molecule has 12 heavy (non-hydrogen) atoms. The quantitative estimate of drug-likeness (QED) is 0.674. The molecule has 1 heterocycles. The van der Waals surface area contributed by atoms with Gasteiger partial charge in [0.05, 0.1) is 6.61 Å². The van der Waals surface area contributed by atoms with E-state index >= 15 is 0 Å². The highest BCUT2D eigenvalue weighted by Gasteiger charge is 2.32.